The summed E-state index contributed by atoms with van der Waals surface area (Å²) < 4.78 is 2.92. The summed E-state index contributed by atoms with van der Waals surface area (Å²) in [5, 5.41) is 9.21. The Labute approximate surface area is 90.5 Å². The molecule has 0 bridgehead atoms. The van der Waals surface area contributed by atoms with Crippen LogP contribution in [0.2, 0.25) is 0 Å². The van der Waals surface area contributed by atoms with Crippen LogP contribution in [0.1, 0.15) is 17.0 Å². The van der Waals surface area contributed by atoms with E-state index in [1.165, 1.54) is 0 Å². The highest BCUT2D eigenvalue weighted by molar-refractivity contribution is 9.10. The maximum atomic E-state index is 9.21. The molecule has 1 N–H and O–H groups in total. The maximum Gasteiger partial charge on any atom is 0.140 e. The second-order valence-electron chi connectivity index (χ2n) is 3.34. The molecule has 2 heterocycles. The van der Waals surface area contributed by atoms with Crippen LogP contribution in [0.3, 0.4) is 0 Å². The van der Waals surface area contributed by atoms with Crippen LogP contribution >= 0.6 is 15.9 Å². The summed E-state index contributed by atoms with van der Waals surface area (Å²) in [5.41, 5.74) is 3.75. The van der Waals surface area contributed by atoms with Crippen LogP contribution in [0.5, 0.6) is 0 Å². The van der Waals surface area contributed by atoms with E-state index in [1.807, 2.05) is 30.5 Å². The number of fused-ring (bicyclic) bond motifs is 1. The third-order valence-corrected chi connectivity index (χ3v) is 2.75. The van der Waals surface area contributed by atoms with Gasteiger partial charge in [-0.05, 0) is 41.4 Å². The van der Waals surface area contributed by atoms with E-state index >= 15 is 0 Å². The third kappa shape index (κ3) is 1.35. The fourth-order valence-electron chi connectivity index (χ4n) is 1.62. The van der Waals surface area contributed by atoms with Crippen molar-refractivity contribution in [2.45, 2.75) is 20.5 Å². The summed E-state index contributed by atoms with van der Waals surface area (Å²) in [7, 11) is 0. The number of hydrogen-bond donors (Lipinski definition) is 1. The van der Waals surface area contributed by atoms with E-state index in [0.29, 0.717) is 0 Å². The first-order chi connectivity index (χ1) is 6.63. The molecule has 0 saturated heterocycles. The van der Waals surface area contributed by atoms with Crippen molar-refractivity contribution in [3.05, 3.63) is 33.7 Å². The molecule has 0 aliphatic heterocycles. The van der Waals surface area contributed by atoms with Crippen LogP contribution in [0.25, 0.3) is 5.65 Å². The number of pyridine rings is 1. The van der Waals surface area contributed by atoms with Crippen molar-refractivity contribution < 1.29 is 5.11 Å². The minimum absolute atomic E-state index is 0.0168. The molecule has 2 aromatic heterocycles. The van der Waals surface area contributed by atoms with Crippen LogP contribution in [-0.4, -0.2) is 14.5 Å². The molecule has 0 amide bonds. The van der Waals surface area contributed by atoms with Gasteiger partial charge in [0.25, 0.3) is 0 Å². The zero-order valence-electron chi connectivity index (χ0n) is 8.08. The lowest BCUT2D eigenvalue weighted by Crippen LogP contribution is -1.94. The zero-order chi connectivity index (χ0) is 10.3. The van der Waals surface area contributed by atoms with Crippen molar-refractivity contribution in [1.82, 2.24) is 9.38 Å². The Bertz CT molecular complexity index is 490. The van der Waals surface area contributed by atoms with Gasteiger partial charge in [0.05, 0.1) is 18.0 Å². The van der Waals surface area contributed by atoms with Gasteiger partial charge in [-0.1, -0.05) is 0 Å². The van der Waals surface area contributed by atoms with Gasteiger partial charge in [-0.3, -0.25) is 0 Å². The summed E-state index contributed by atoms with van der Waals surface area (Å²) in [6.07, 6.45) is 1.92. The molecule has 2 rings (SSSR count). The Morgan fingerprint density at radius 3 is 2.86 bits per heavy atom. The van der Waals surface area contributed by atoms with E-state index in [1.54, 1.807) is 0 Å². The minimum Gasteiger partial charge on any atom is -0.390 e. The van der Waals surface area contributed by atoms with Crippen molar-refractivity contribution >= 4 is 21.6 Å². The topological polar surface area (TPSA) is 37.5 Å². The number of rotatable bonds is 1. The number of aliphatic hydroxyl groups is 1. The quantitative estimate of drug-likeness (QED) is 0.848. The summed E-state index contributed by atoms with van der Waals surface area (Å²) >= 11 is 3.43. The summed E-state index contributed by atoms with van der Waals surface area (Å²) in [6, 6.07) is 2.02. The van der Waals surface area contributed by atoms with Gasteiger partial charge < -0.3 is 9.51 Å². The number of imidazole rings is 1. The number of nitrogens with zero attached hydrogens (tertiary/aromatic N) is 2. The summed E-state index contributed by atoms with van der Waals surface area (Å²) in [6.45, 7) is 3.93. The van der Waals surface area contributed by atoms with Crippen LogP contribution in [0.15, 0.2) is 16.7 Å². The minimum atomic E-state index is 0.0168. The van der Waals surface area contributed by atoms with E-state index in [-0.39, 0.29) is 6.61 Å². The Balaban J connectivity index is 2.87. The molecule has 0 aliphatic carbocycles. The van der Waals surface area contributed by atoms with Crippen LogP contribution < -0.4 is 0 Å². The molecule has 0 radical (unpaired) electrons. The fourth-order valence-corrected chi connectivity index (χ4v) is 2.17. The van der Waals surface area contributed by atoms with Crippen LogP contribution in [0.4, 0.5) is 0 Å². The second-order valence-corrected chi connectivity index (χ2v) is 4.25. The van der Waals surface area contributed by atoms with Gasteiger partial charge in [0.15, 0.2) is 0 Å². The largest absolute Gasteiger partial charge is 0.390 e. The van der Waals surface area contributed by atoms with E-state index < -0.39 is 0 Å². The van der Waals surface area contributed by atoms with E-state index in [4.69, 9.17) is 0 Å². The molecule has 0 saturated carbocycles. The van der Waals surface area contributed by atoms with Crippen LogP contribution in [-0.2, 0) is 6.61 Å². The number of aromatic nitrogens is 2. The predicted octanol–water partition coefficient (Wildman–Crippen LogP) is 2.21. The van der Waals surface area contributed by atoms with Gasteiger partial charge in [0.1, 0.15) is 5.65 Å². The average Bonchev–Trinajstić information content (AvgIpc) is 2.41. The van der Waals surface area contributed by atoms with Gasteiger partial charge >= 0.3 is 0 Å². The molecular weight excluding hydrogens is 244 g/mol. The number of aliphatic hydroxyl groups excluding tert-OH is 1. The highest BCUT2D eigenvalue weighted by atomic mass is 79.9. The zero-order valence-corrected chi connectivity index (χ0v) is 9.67. The Morgan fingerprint density at radius 2 is 2.21 bits per heavy atom. The van der Waals surface area contributed by atoms with E-state index in [0.717, 1.165) is 27.1 Å². The molecule has 2 aromatic rings. The first-order valence-electron chi connectivity index (χ1n) is 4.38. The van der Waals surface area contributed by atoms with Gasteiger partial charge in [0, 0.05) is 10.7 Å². The van der Waals surface area contributed by atoms with Crippen molar-refractivity contribution in [3.63, 3.8) is 0 Å². The van der Waals surface area contributed by atoms with Crippen molar-refractivity contribution in [2.75, 3.05) is 0 Å². The Kier molecular flexibility index (Phi) is 2.33. The monoisotopic (exact) mass is 254 g/mol. The molecule has 4 heteroatoms. The highest BCUT2D eigenvalue weighted by Crippen LogP contribution is 2.20. The lowest BCUT2D eigenvalue weighted by atomic mass is 10.3. The van der Waals surface area contributed by atoms with Crippen molar-refractivity contribution in [2.24, 2.45) is 0 Å². The molecule has 0 unspecified atom stereocenters. The Hall–Kier alpha value is -0.870. The lowest BCUT2D eigenvalue weighted by Gasteiger charge is -2.02. The number of hydrogen-bond acceptors (Lipinski definition) is 2. The van der Waals surface area contributed by atoms with Gasteiger partial charge in [-0.15, -0.1) is 0 Å². The number of aryl methyl sites for hydroxylation is 2. The van der Waals surface area contributed by atoms with Gasteiger partial charge in [0.2, 0.25) is 0 Å². The first-order valence-corrected chi connectivity index (χ1v) is 5.17. The van der Waals surface area contributed by atoms with Crippen molar-refractivity contribution in [3.8, 4) is 0 Å². The van der Waals surface area contributed by atoms with E-state index in [9.17, 15) is 5.11 Å². The number of halogens is 1. The maximum absolute atomic E-state index is 9.21. The SMILES string of the molecule is Cc1nc2c(C)cc(Br)cn2c1CO. The smallest absolute Gasteiger partial charge is 0.140 e. The fraction of sp³-hybridized carbons (Fsp3) is 0.300. The lowest BCUT2D eigenvalue weighted by molar-refractivity contribution is 0.275. The van der Waals surface area contributed by atoms with Crippen molar-refractivity contribution in [1.29, 1.82) is 0 Å². The third-order valence-electron chi connectivity index (χ3n) is 2.32. The van der Waals surface area contributed by atoms with Gasteiger partial charge in [-0.2, -0.15) is 0 Å². The molecule has 0 spiro atoms. The highest BCUT2D eigenvalue weighted by Gasteiger charge is 2.09. The second kappa shape index (κ2) is 3.37. The predicted molar refractivity (Wildman–Crippen MR) is 58.3 cm³/mol. The average molecular weight is 255 g/mol. The summed E-state index contributed by atoms with van der Waals surface area (Å²) in [5.74, 6) is 0. The molecule has 0 atom stereocenters. The molecule has 0 aliphatic rings. The standard InChI is InChI=1S/C10H11BrN2O/c1-6-3-8(11)4-13-9(5-14)7(2)12-10(6)13/h3-4,14H,5H2,1-2H3. The van der Waals surface area contributed by atoms with Gasteiger partial charge in [-0.25, -0.2) is 4.98 Å². The summed E-state index contributed by atoms with van der Waals surface area (Å²) in [4.78, 5) is 4.41. The molecule has 3 nitrogen and oxygen atoms in total. The first kappa shape index (κ1) is 9.68. The molecular formula is C10H11BrN2O. The Morgan fingerprint density at radius 1 is 1.50 bits per heavy atom. The van der Waals surface area contributed by atoms with Crippen LogP contribution in [0, 0.1) is 13.8 Å². The van der Waals surface area contributed by atoms with E-state index in [2.05, 4.69) is 20.9 Å². The molecule has 14 heavy (non-hydrogen) atoms. The normalized spacial score (nSPS) is 11.1. The molecule has 0 aromatic carbocycles. The molecule has 74 valence electrons. The molecule has 0 fully saturated rings.